The molecule has 2 atom stereocenters. The second-order valence-corrected chi connectivity index (χ2v) is 7.69. The monoisotopic (exact) mass is 318 g/mol. The highest BCUT2D eigenvalue weighted by atomic mass is 32.2. The lowest BCUT2D eigenvalue weighted by Crippen LogP contribution is -2.18. The van der Waals surface area contributed by atoms with Crippen LogP contribution >= 0.6 is 23.1 Å². The van der Waals surface area contributed by atoms with E-state index >= 15 is 0 Å². The van der Waals surface area contributed by atoms with Gasteiger partial charge in [-0.2, -0.15) is 11.8 Å². The molecule has 1 aromatic carbocycles. The third-order valence-electron chi connectivity index (χ3n) is 3.99. The standard InChI is InChI=1S/C17H22N2S2/c1-18-15(13-7-3-2-4-8-13)11-14-12-21-17(19-14)16-9-5-6-10-20-16/h2-4,7-8,12,15-16,18H,5-6,9-11H2,1H3. The van der Waals surface area contributed by atoms with Gasteiger partial charge in [-0.1, -0.05) is 36.8 Å². The zero-order valence-corrected chi connectivity index (χ0v) is 14.1. The number of aromatic nitrogens is 1. The first-order valence-electron chi connectivity index (χ1n) is 7.65. The largest absolute Gasteiger partial charge is 0.313 e. The Bertz CT molecular complexity index is 547. The summed E-state index contributed by atoms with van der Waals surface area (Å²) in [5.41, 5.74) is 2.56. The Morgan fingerprint density at radius 3 is 2.86 bits per heavy atom. The average Bonchev–Trinajstić information content (AvgIpc) is 3.03. The number of likely N-dealkylation sites (N-methyl/N-ethyl adjacent to an activating group) is 1. The molecule has 0 saturated carbocycles. The van der Waals surface area contributed by atoms with E-state index < -0.39 is 0 Å². The zero-order valence-electron chi connectivity index (χ0n) is 12.4. The minimum atomic E-state index is 0.347. The molecule has 2 heterocycles. The van der Waals surface area contributed by atoms with Gasteiger partial charge in [0, 0.05) is 17.8 Å². The van der Waals surface area contributed by atoms with E-state index in [4.69, 9.17) is 4.98 Å². The number of thiazole rings is 1. The molecule has 0 radical (unpaired) electrons. The smallest absolute Gasteiger partial charge is 0.106 e. The Morgan fingerprint density at radius 2 is 2.14 bits per heavy atom. The van der Waals surface area contributed by atoms with Crippen LogP contribution in [0.25, 0.3) is 0 Å². The summed E-state index contributed by atoms with van der Waals surface area (Å²) in [6.07, 6.45) is 4.99. The molecule has 1 N–H and O–H groups in total. The van der Waals surface area contributed by atoms with Gasteiger partial charge in [-0.05, 0) is 31.2 Å². The van der Waals surface area contributed by atoms with Crippen molar-refractivity contribution in [3.8, 4) is 0 Å². The first kappa shape index (κ1) is 15.1. The minimum absolute atomic E-state index is 0.347. The van der Waals surface area contributed by atoms with E-state index in [-0.39, 0.29) is 0 Å². The summed E-state index contributed by atoms with van der Waals surface area (Å²) in [4.78, 5) is 4.90. The molecule has 112 valence electrons. The topological polar surface area (TPSA) is 24.9 Å². The number of nitrogens with zero attached hydrogens (tertiary/aromatic N) is 1. The van der Waals surface area contributed by atoms with Crippen LogP contribution in [0.3, 0.4) is 0 Å². The fraction of sp³-hybridized carbons (Fsp3) is 0.471. The first-order chi connectivity index (χ1) is 10.4. The fourth-order valence-electron chi connectivity index (χ4n) is 2.78. The molecule has 1 aliphatic heterocycles. The number of hydrogen-bond acceptors (Lipinski definition) is 4. The molecule has 21 heavy (non-hydrogen) atoms. The molecule has 1 aromatic heterocycles. The van der Waals surface area contributed by atoms with Crippen LogP contribution in [-0.4, -0.2) is 17.8 Å². The number of rotatable bonds is 5. The molecule has 1 aliphatic rings. The van der Waals surface area contributed by atoms with Crippen molar-refractivity contribution in [3.05, 3.63) is 52.0 Å². The summed E-state index contributed by atoms with van der Waals surface area (Å²) in [7, 11) is 2.03. The summed E-state index contributed by atoms with van der Waals surface area (Å²) in [6, 6.07) is 11.0. The van der Waals surface area contributed by atoms with E-state index in [1.807, 2.05) is 18.4 Å². The van der Waals surface area contributed by atoms with E-state index in [9.17, 15) is 0 Å². The van der Waals surface area contributed by atoms with Crippen LogP contribution in [0.15, 0.2) is 35.7 Å². The van der Waals surface area contributed by atoms with Crippen molar-refractivity contribution in [3.63, 3.8) is 0 Å². The molecule has 2 nitrogen and oxygen atoms in total. The van der Waals surface area contributed by atoms with E-state index in [0.29, 0.717) is 11.3 Å². The molecule has 0 aliphatic carbocycles. The highest BCUT2D eigenvalue weighted by Gasteiger charge is 2.20. The molecule has 0 bridgehead atoms. The molecular formula is C17H22N2S2. The van der Waals surface area contributed by atoms with Gasteiger partial charge in [0.1, 0.15) is 5.01 Å². The van der Waals surface area contributed by atoms with Gasteiger partial charge < -0.3 is 5.32 Å². The Hall–Kier alpha value is -0.840. The van der Waals surface area contributed by atoms with Gasteiger partial charge in [0.2, 0.25) is 0 Å². The zero-order chi connectivity index (χ0) is 14.5. The van der Waals surface area contributed by atoms with Gasteiger partial charge in [0.15, 0.2) is 0 Å². The average molecular weight is 319 g/mol. The number of thioether (sulfide) groups is 1. The summed E-state index contributed by atoms with van der Waals surface area (Å²) in [5.74, 6) is 1.29. The van der Waals surface area contributed by atoms with Crippen molar-refractivity contribution < 1.29 is 0 Å². The Kier molecular flexibility index (Phi) is 5.33. The Balaban J connectivity index is 1.68. The van der Waals surface area contributed by atoms with E-state index in [1.54, 1.807) is 0 Å². The Labute approximate surface area is 135 Å². The molecule has 2 aromatic rings. The number of benzene rings is 1. The minimum Gasteiger partial charge on any atom is -0.313 e. The fourth-order valence-corrected chi connectivity index (χ4v) is 5.18. The normalized spacial score (nSPS) is 20.3. The maximum atomic E-state index is 4.90. The molecule has 1 fully saturated rings. The molecule has 0 amide bonds. The third-order valence-corrected chi connectivity index (χ3v) is 6.53. The van der Waals surface area contributed by atoms with Crippen LogP contribution in [0.4, 0.5) is 0 Å². The second-order valence-electron chi connectivity index (χ2n) is 5.49. The van der Waals surface area contributed by atoms with Crippen molar-refractivity contribution in [2.75, 3.05) is 12.8 Å². The van der Waals surface area contributed by atoms with E-state index in [0.717, 1.165) is 6.42 Å². The second kappa shape index (κ2) is 7.43. The van der Waals surface area contributed by atoms with Crippen molar-refractivity contribution in [1.82, 2.24) is 10.3 Å². The molecular weight excluding hydrogens is 296 g/mol. The van der Waals surface area contributed by atoms with Gasteiger partial charge in [0.05, 0.1) is 10.9 Å². The van der Waals surface area contributed by atoms with Crippen LogP contribution in [0.2, 0.25) is 0 Å². The molecule has 4 heteroatoms. The first-order valence-corrected chi connectivity index (χ1v) is 9.58. The highest BCUT2D eigenvalue weighted by molar-refractivity contribution is 7.99. The predicted octanol–water partition coefficient (Wildman–Crippen LogP) is 4.60. The predicted molar refractivity (Wildman–Crippen MR) is 93.1 cm³/mol. The van der Waals surface area contributed by atoms with Gasteiger partial charge in [0.25, 0.3) is 0 Å². The summed E-state index contributed by atoms with van der Waals surface area (Å²) >= 11 is 3.93. The highest BCUT2D eigenvalue weighted by Crippen LogP contribution is 2.39. The summed E-state index contributed by atoms with van der Waals surface area (Å²) in [5, 5.41) is 7.63. The van der Waals surface area contributed by atoms with E-state index in [1.165, 1.54) is 41.3 Å². The van der Waals surface area contributed by atoms with E-state index in [2.05, 4.69) is 52.8 Å². The molecule has 0 spiro atoms. The van der Waals surface area contributed by atoms with Crippen LogP contribution < -0.4 is 5.32 Å². The van der Waals surface area contributed by atoms with Crippen LogP contribution in [0.1, 0.15) is 46.8 Å². The molecule has 3 rings (SSSR count). The van der Waals surface area contributed by atoms with Gasteiger partial charge >= 0.3 is 0 Å². The lowest BCUT2D eigenvalue weighted by atomic mass is 10.0. The molecule has 1 saturated heterocycles. The Morgan fingerprint density at radius 1 is 1.29 bits per heavy atom. The van der Waals surface area contributed by atoms with Gasteiger partial charge in [-0.15, -0.1) is 11.3 Å². The summed E-state index contributed by atoms with van der Waals surface area (Å²) < 4.78 is 0. The maximum Gasteiger partial charge on any atom is 0.106 e. The SMILES string of the molecule is CNC(Cc1csc(C2CCCCS2)n1)c1ccccc1. The van der Waals surface area contributed by atoms with Crippen molar-refractivity contribution in [1.29, 1.82) is 0 Å². The lowest BCUT2D eigenvalue weighted by Gasteiger charge is -2.19. The number of nitrogens with one attached hydrogen (secondary N) is 1. The van der Waals surface area contributed by atoms with Gasteiger partial charge in [-0.3, -0.25) is 0 Å². The van der Waals surface area contributed by atoms with Crippen LogP contribution in [0, 0.1) is 0 Å². The molecule has 2 unspecified atom stereocenters. The van der Waals surface area contributed by atoms with Crippen LogP contribution in [-0.2, 0) is 6.42 Å². The van der Waals surface area contributed by atoms with Crippen molar-refractivity contribution in [2.24, 2.45) is 0 Å². The third kappa shape index (κ3) is 3.87. The van der Waals surface area contributed by atoms with Crippen molar-refractivity contribution >= 4 is 23.1 Å². The lowest BCUT2D eigenvalue weighted by molar-refractivity contribution is 0.584. The number of hydrogen-bond donors (Lipinski definition) is 1. The van der Waals surface area contributed by atoms with Crippen LogP contribution in [0.5, 0.6) is 0 Å². The summed E-state index contributed by atoms with van der Waals surface area (Å²) in [6.45, 7) is 0. The maximum absolute atomic E-state index is 4.90. The van der Waals surface area contributed by atoms with Gasteiger partial charge in [-0.25, -0.2) is 4.98 Å². The van der Waals surface area contributed by atoms with Crippen molar-refractivity contribution in [2.45, 2.75) is 37.0 Å². The quantitative estimate of drug-likeness (QED) is 0.872.